The van der Waals surface area contributed by atoms with Crippen LogP contribution in [0.2, 0.25) is 10.0 Å². The van der Waals surface area contributed by atoms with Crippen LogP contribution in [0.3, 0.4) is 0 Å². The van der Waals surface area contributed by atoms with Crippen LogP contribution in [0.1, 0.15) is 35.8 Å². The van der Waals surface area contributed by atoms with Crippen molar-refractivity contribution in [1.29, 1.82) is 0 Å². The highest BCUT2D eigenvalue weighted by molar-refractivity contribution is 6.42. The molecule has 0 unspecified atom stereocenters. The maximum absolute atomic E-state index is 12.9. The number of likely N-dealkylation sites (tertiary alicyclic amines) is 1. The van der Waals surface area contributed by atoms with Crippen LogP contribution in [0.25, 0.3) is 11.3 Å². The zero-order valence-corrected chi connectivity index (χ0v) is 16.2. The molecule has 1 aromatic carbocycles. The second-order valence-corrected chi connectivity index (χ2v) is 7.51. The molecule has 0 saturated carbocycles. The SMILES string of the molecule is Cc1cc(-c2cn[nH]c2[C@@H]2CCCN2C(=O)Cc2ccc(Cl)c(Cl)c2)on1. The number of carbonyl (C=O) groups is 1. The molecule has 1 atom stereocenters. The largest absolute Gasteiger partial charge is 0.356 e. The van der Waals surface area contributed by atoms with Gasteiger partial charge in [-0.25, -0.2) is 0 Å². The average Bonchev–Trinajstić information content (AvgIpc) is 3.36. The van der Waals surface area contributed by atoms with Crippen LogP contribution in [0.15, 0.2) is 35.0 Å². The number of rotatable bonds is 4. The molecule has 0 radical (unpaired) electrons. The van der Waals surface area contributed by atoms with Crippen LogP contribution >= 0.6 is 23.2 Å². The van der Waals surface area contributed by atoms with Crippen molar-refractivity contribution in [3.63, 3.8) is 0 Å². The molecule has 1 aliphatic rings. The second kappa shape index (κ2) is 7.37. The van der Waals surface area contributed by atoms with E-state index in [9.17, 15) is 4.79 Å². The van der Waals surface area contributed by atoms with Crippen LogP contribution in [0.4, 0.5) is 0 Å². The Morgan fingerprint density at radius 2 is 2.19 bits per heavy atom. The molecule has 6 nitrogen and oxygen atoms in total. The Balaban J connectivity index is 1.57. The van der Waals surface area contributed by atoms with Gasteiger partial charge in [0, 0.05) is 12.6 Å². The standard InChI is InChI=1S/C19H18Cl2N4O2/c1-11-7-17(27-24-11)13-10-22-23-19(13)16-3-2-6-25(16)18(26)9-12-4-5-14(20)15(21)8-12/h4-5,7-8,10,16H,2-3,6,9H2,1H3,(H,22,23)/t16-/m0/s1. The lowest BCUT2D eigenvalue weighted by atomic mass is 10.0. The Labute approximate surface area is 166 Å². The van der Waals surface area contributed by atoms with Crippen molar-refractivity contribution in [3.05, 3.63) is 57.5 Å². The fourth-order valence-corrected chi connectivity index (χ4v) is 3.85. The lowest BCUT2D eigenvalue weighted by molar-refractivity contribution is -0.131. The first-order valence-electron chi connectivity index (χ1n) is 8.73. The van der Waals surface area contributed by atoms with Gasteiger partial charge in [0.2, 0.25) is 5.91 Å². The number of nitrogens with one attached hydrogen (secondary N) is 1. The number of hydrogen-bond donors (Lipinski definition) is 1. The molecule has 0 spiro atoms. The van der Waals surface area contributed by atoms with Gasteiger partial charge in [-0.2, -0.15) is 5.10 Å². The van der Waals surface area contributed by atoms with E-state index in [1.165, 1.54) is 0 Å². The molecular formula is C19H18Cl2N4O2. The molecule has 0 bridgehead atoms. The van der Waals surface area contributed by atoms with Crippen LogP contribution in [-0.2, 0) is 11.2 Å². The summed E-state index contributed by atoms with van der Waals surface area (Å²) in [6, 6.07) is 7.09. The molecule has 1 amide bonds. The summed E-state index contributed by atoms with van der Waals surface area (Å²) in [5.74, 6) is 0.699. The van der Waals surface area contributed by atoms with Crippen molar-refractivity contribution >= 4 is 29.1 Å². The molecule has 140 valence electrons. The summed E-state index contributed by atoms with van der Waals surface area (Å²) < 4.78 is 5.38. The Kier molecular flexibility index (Phi) is 4.93. The molecule has 4 rings (SSSR count). The zero-order valence-electron chi connectivity index (χ0n) is 14.7. The fraction of sp³-hybridized carbons (Fsp3) is 0.316. The molecular weight excluding hydrogens is 387 g/mol. The molecule has 3 aromatic rings. The minimum atomic E-state index is -0.0665. The molecule has 1 aliphatic heterocycles. The second-order valence-electron chi connectivity index (χ2n) is 6.70. The van der Waals surface area contributed by atoms with E-state index in [2.05, 4.69) is 15.4 Å². The number of nitrogens with zero attached hydrogens (tertiary/aromatic N) is 3. The quantitative estimate of drug-likeness (QED) is 0.689. The molecule has 3 heterocycles. The van der Waals surface area contributed by atoms with Gasteiger partial charge in [0.25, 0.3) is 0 Å². The van der Waals surface area contributed by atoms with Crippen molar-refractivity contribution in [1.82, 2.24) is 20.3 Å². The van der Waals surface area contributed by atoms with Gasteiger partial charge in [0.1, 0.15) is 0 Å². The van der Waals surface area contributed by atoms with E-state index in [1.54, 1.807) is 18.3 Å². The number of halogens is 2. The Bertz CT molecular complexity index is 982. The molecule has 8 heteroatoms. The van der Waals surface area contributed by atoms with E-state index < -0.39 is 0 Å². The summed E-state index contributed by atoms with van der Waals surface area (Å²) in [5, 5.41) is 12.1. The number of amides is 1. The van der Waals surface area contributed by atoms with Crippen molar-refractivity contribution in [2.75, 3.05) is 6.54 Å². The first-order chi connectivity index (χ1) is 13.0. The summed E-state index contributed by atoms with van der Waals surface area (Å²) in [6.07, 6.45) is 3.80. The molecule has 2 aromatic heterocycles. The zero-order chi connectivity index (χ0) is 19.0. The minimum absolute atomic E-state index is 0.0465. The van der Waals surface area contributed by atoms with Crippen LogP contribution < -0.4 is 0 Å². The van der Waals surface area contributed by atoms with Crippen molar-refractivity contribution in [2.24, 2.45) is 0 Å². The van der Waals surface area contributed by atoms with Gasteiger partial charge in [-0.1, -0.05) is 34.4 Å². The molecule has 1 fully saturated rings. The van der Waals surface area contributed by atoms with E-state index in [1.807, 2.05) is 24.0 Å². The third kappa shape index (κ3) is 3.59. The third-order valence-corrected chi connectivity index (χ3v) is 5.55. The van der Waals surface area contributed by atoms with Crippen molar-refractivity contribution in [3.8, 4) is 11.3 Å². The maximum atomic E-state index is 12.9. The number of aromatic nitrogens is 3. The predicted molar refractivity (Wildman–Crippen MR) is 103 cm³/mol. The number of benzene rings is 1. The summed E-state index contributed by atoms with van der Waals surface area (Å²) in [7, 11) is 0. The first-order valence-corrected chi connectivity index (χ1v) is 9.49. The summed E-state index contributed by atoms with van der Waals surface area (Å²) in [6.45, 7) is 2.58. The smallest absolute Gasteiger partial charge is 0.227 e. The highest BCUT2D eigenvalue weighted by Gasteiger charge is 2.33. The number of carbonyl (C=O) groups excluding carboxylic acids is 1. The van der Waals surface area contributed by atoms with Crippen LogP contribution in [0, 0.1) is 6.92 Å². The minimum Gasteiger partial charge on any atom is -0.356 e. The Hall–Kier alpha value is -2.31. The maximum Gasteiger partial charge on any atom is 0.227 e. The number of aryl methyl sites for hydroxylation is 1. The van der Waals surface area contributed by atoms with Gasteiger partial charge in [-0.3, -0.25) is 9.89 Å². The molecule has 27 heavy (non-hydrogen) atoms. The van der Waals surface area contributed by atoms with Gasteiger partial charge < -0.3 is 9.42 Å². The van der Waals surface area contributed by atoms with Gasteiger partial charge in [0.05, 0.1) is 45.7 Å². The fourth-order valence-electron chi connectivity index (χ4n) is 3.53. The van der Waals surface area contributed by atoms with E-state index in [0.29, 0.717) is 22.4 Å². The van der Waals surface area contributed by atoms with Gasteiger partial charge in [-0.05, 0) is 37.5 Å². The van der Waals surface area contributed by atoms with E-state index >= 15 is 0 Å². The predicted octanol–water partition coefficient (Wildman–Crippen LogP) is 4.59. The van der Waals surface area contributed by atoms with Gasteiger partial charge >= 0.3 is 0 Å². The van der Waals surface area contributed by atoms with Gasteiger partial charge in [0.15, 0.2) is 5.76 Å². The van der Waals surface area contributed by atoms with E-state index in [4.69, 9.17) is 27.7 Å². The first kappa shape index (κ1) is 18.1. The summed E-state index contributed by atoms with van der Waals surface area (Å²) >= 11 is 12.0. The topological polar surface area (TPSA) is 75.0 Å². The number of hydrogen-bond acceptors (Lipinski definition) is 4. The normalized spacial score (nSPS) is 16.9. The van der Waals surface area contributed by atoms with E-state index in [0.717, 1.165) is 35.4 Å². The summed E-state index contributed by atoms with van der Waals surface area (Å²) in [4.78, 5) is 14.8. The monoisotopic (exact) mass is 404 g/mol. The lowest BCUT2D eigenvalue weighted by Crippen LogP contribution is -2.32. The molecule has 0 aliphatic carbocycles. The highest BCUT2D eigenvalue weighted by Crippen LogP contribution is 2.37. The number of aromatic amines is 1. The van der Waals surface area contributed by atoms with Gasteiger partial charge in [-0.15, -0.1) is 0 Å². The lowest BCUT2D eigenvalue weighted by Gasteiger charge is -2.24. The molecule has 1 saturated heterocycles. The summed E-state index contributed by atoms with van der Waals surface area (Å²) in [5.41, 5.74) is 3.37. The van der Waals surface area contributed by atoms with Crippen LogP contribution in [-0.4, -0.2) is 32.7 Å². The highest BCUT2D eigenvalue weighted by atomic mass is 35.5. The van der Waals surface area contributed by atoms with Crippen molar-refractivity contribution < 1.29 is 9.32 Å². The van der Waals surface area contributed by atoms with Crippen molar-refractivity contribution in [2.45, 2.75) is 32.2 Å². The Morgan fingerprint density at radius 3 is 2.93 bits per heavy atom. The number of H-pyrrole nitrogens is 1. The molecule has 1 N–H and O–H groups in total. The van der Waals surface area contributed by atoms with E-state index in [-0.39, 0.29) is 18.4 Å². The van der Waals surface area contributed by atoms with Crippen LogP contribution in [0.5, 0.6) is 0 Å². The third-order valence-electron chi connectivity index (χ3n) is 4.81. The average molecular weight is 405 g/mol. The Morgan fingerprint density at radius 1 is 1.33 bits per heavy atom.